The summed E-state index contributed by atoms with van der Waals surface area (Å²) >= 11 is 0. The highest BCUT2D eigenvalue weighted by Crippen LogP contribution is 2.41. The Kier molecular flexibility index (Phi) is 6.31. The SMILES string of the molecule is CCNC(C1CCOCC1)C1(OCC)CCC(C)CC1. The molecule has 0 bridgehead atoms. The van der Waals surface area contributed by atoms with Crippen LogP contribution in [-0.2, 0) is 9.47 Å². The maximum atomic E-state index is 6.38. The van der Waals surface area contributed by atoms with Crippen LogP contribution in [0.5, 0.6) is 0 Å². The van der Waals surface area contributed by atoms with Crippen molar-refractivity contribution in [3.63, 3.8) is 0 Å². The van der Waals surface area contributed by atoms with Crippen LogP contribution in [0.2, 0.25) is 0 Å². The number of likely N-dealkylation sites (N-methyl/N-ethyl adjacent to an activating group) is 1. The average Bonchev–Trinajstić information content (AvgIpc) is 2.49. The Labute approximate surface area is 124 Å². The van der Waals surface area contributed by atoms with Crippen LogP contribution >= 0.6 is 0 Å². The largest absolute Gasteiger partial charge is 0.381 e. The molecule has 1 saturated carbocycles. The summed E-state index contributed by atoms with van der Waals surface area (Å²) in [4.78, 5) is 0. The molecule has 0 aromatic heterocycles. The highest BCUT2D eigenvalue weighted by Gasteiger charge is 2.45. The first kappa shape index (κ1) is 16.3. The van der Waals surface area contributed by atoms with Crippen LogP contribution < -0.4 is 5.32 Å². The fourth-order valence-electron chi connectivity index (χ4n) is 4.13. The monoisotopic (exact) mass is 283 g/mol. The summed E-state index contributed by atoms with van der Waals surface area (Å²) in [5.74, 6) is 1.57. The molecule has 1 atom stereocenters. The van der Waals surface area contributed by atoms with E-state index >= 15 is 0 Å². The first-order valence-corrected chi connectivity index (χ1v) is 8.67. The van der Waals surface area contributed by atoms with Crippen molar-refractivity contribution in [2.24, 2.45) is 11.8 Å². The van der Waals surface area contributed by atoms with Crippen molar-refractivity contribution in [3.8, 4) is 0 Å². The van der Waals surface area contributed by atoms with E-state index in [2.05, 4.69) is 26.1 Å². The molecule has 0 aromatic rings. The van der Waals surface area contributed by atoms with Gasteiger partial charge in [-0.3, -0.25) is 0 Å². The Balaban J connectivity index is 2.12. The maximum absolute atomic E-state index is 6.38. The van der Waals surface area contributed by atoms with Gasteiger partial charge in [0.15, 0.2) is 0 Å². The van der Waals surface area contributed by atoms with E-state index in [0.717, 1.165) is 32.3 Å². The fourth-order valence-corrected chi connectivity index (χ4v) is 4.13. The van der Waals surface area contributed by atoms with Crippen LogP contribution in [0.25, 0.3) is 0 Å². The van der Waals surface area contributed by atoms with Gasteiger partial charge in [0.25, 0.3) is 0 Å². The number of hydrogen-bond acceptors (Lipinski definition) is 3. The van der Waals surface area contributed by atoms with E-state index in [-0.39, 0.29) is 5.60 Å². The Bertz CT molecular complexity index is 268. The molecular weight excluding hydrogens is 250 g/mol. The molecule has 1 saturated heterocycles. The Hall–Kier alpha value is -0.120. The molecule has 1 unspecified atom stereocenters. The van der Waals surface area contributed by atoms with Crippen LogP contribution in [0.15, 0.2) is 0 Å². The third kappa shape index (κ3) is 3.75. The normalized spacial score (nSPS) is 34.0. The fraction of sp³-hybridized carbons (Fsp3) is 1.00. The van der Waals surface area contributed by atoms with Gasteiger partial charge in [0.2, 0.25) is 0 Å². The van der Waals surface area contributed by atoms with E-state index in [1.54, 1.807) is 0 Å². The van der Waals surface area contributed by atoms with Gasteiger partial charge in [0, 0.05) is 25.9 Å². The van der Waals surface area contributed by atoms with Crippen molar-refractivity contribution in [1.29, 1.82) is 0 Å². The van der Waals surface area contributed by atoms with Crippen LogP contribution in [-0.4, -0.2) is 38.0 Å². The second kappa shape index (κ2) is 7.77. The van der Waals surface area contributed by atoms with Crippen LogP contribution in [0.4, 0.5) is 0 Å². The minimum atomic E-state index is 0.0687. The molecule has 118 valence electrons. The standard InChI is InChI=1S/C17H33NO2/c1-4-18-16(15-8-12-19-13-9-15)17(20-5-2)10-6-14(3)7-11-17/h14-16,18H,4-13H2,1-3H3. The summed E-state index contributed by atoms with van der Waals surface area (Å²) in [6, 6.07) is 0.504. The quantitative estimate of drug-likeness (QED) is 0.810. The van der Waals surface area contributed by atoms with Gasteiger partial charge in [-0.05, 0) is 63.8 Å². The molecule has 3 nitrogen and oxygen atoms in total. The molecule has 1 heterocycles. The van der Waals surface area contributed by atoms with Gasteiger partial charge >= 0.3 is 0 Å². The van der Waals surface area contributed by atoms with E-state index < -0.39 is 0 Å². The van der Waals surface area contributed by atoms with Crippen molar-refractivity contribution in [1.82, 2.24) is 5.32 Å². The van der Waals surface area contributed by atoms with Crippen molar-refractivity contribution in [2.75, 3.05) is 26.4 Å². The number of rotatable bonds is 6. The summed E-state index contributed by atoms with van der Waals surface area (Å²) in [7, 11) is 0. The lowest BCUT2D eigenvalue weighted by Gasteiger charge is -2.48. The van der Waals surface area contributed by atoms with Crippen molar-refractivity contribution in [3.05, 3.63) is 0 Å². The molecule has 2 aliphatic rings. The zero-order chi connectivity index (χ0) is 14.4. The van der Waals surface area contributed by atoms with Gasteiger partial charge in [0.05, 0.1) is 5.60 Å². The average molecular weight is 283 g/mol. The summed E-state index contributed by atoms with van der Waals surface area (Å²) in [6.07, 6.45) is 7.42. The minimum absolute atomic E-state index is 0.0687. The lowest BCUT2D eigenvalue weighted by molar-refractivity contribution is -0.116. The second-order valence-electron chi connectivity index (χ2n) is 6.67. The predicted molar refractivity (Wildman–Crippen MR) is 83.0 cm³/mol. The van der Waals surface area contributed by atoms with Gasteiger partial charge in [-0.15, -0.1) is 0 Å². The molecule has 0 aromatic carbocycles. The van der Waals surface area contributed by atoms with E-state index in [1.807, 2.05) is 0 Å². The Morgan fingerprint density at radius 1 is 1.15 bits per heavy atom. The van der Waals surface area contributed by atoms with E-state index in [9.17, 15) is 0 Å². The molecule has 1 aliphatic heterocycles. The maximum Gasteiger partial charge on any atom is 0.0837 e. The summed E-state index contributed by atoms with van der Waals surface area (Å²) in [5.41, 5.74) is 0.0687. The summed E-state index contributed by atoms with van der Waals surface area (Å²) in [6.45, 7) is 10.5. The highest BCUT2D eigenvalue weighted by molar-refractivity contribution is 5.00. The van der Waals surface area contributed by atoms with Gasteiger partial charge in [-0.25, -0.2) is 0 Å². The molecule has 1 N–H and O–H groups in total. The molecule has 3 heteroatoms. The highest BCUT2D eigenvalue weighted by atomic mass is 16.5. The van der Waals surface area contributed by atoms with Crippen molar-refractivity contribution in [2.45, 2.75) is 70.9 Å². The molecule has 2 fully saturated rings. The van der Waals surface area contributed by atoms with Crippen LogP contribution in [0, 0.1) is 11.8 Å². The lowest BCUT2D eigenvalue weighted by atomic mass is 9.70. The van der Waals surface area contributed by atoms with E-state index in [0.29, 0.717) is 12.0 Å². The van der Waals surface area contributed by atoms with Crippen molar-refractivity contribution >= 4 is 0 Å². The van der Waals surface area contributed by atoms with Gasteiger partial charge in [-0.1, -0.05) is 13.8 Å². The number of hydrogen-bond donors (Lipinski definition) is 1. The third-order valence-corrected chi connectivity index (χ3v) is 5.28. The molecule has 20 heavy (non-hydrogen) atoms. The first-order valence-electron chi connectivity index (χ1n) is 8.67. The molecular formula is C17H33NO2. The second-order valence-corrected chi connectivity index (χ2v) is 6.67. The lowest BCUT2D eigenvalue weighted by Crippen LogP contribution is -2.58. The number of nitrogens with one attached hydrogen (secondary N) is 1. The van der Waals surface area contributed by atoms with E-state index in [1.165, 1.54) is 38.5 Å². The molecule has 0 spiro atoms. The Morgan fingerprint density at radius 3 is 2.35 bits per heavy atom. The van der Waals surface area contributed by atoms with Gasteiger partial charge < -0.3 is 14.8 Å². The van der Waals surface area contributed by atoms with Crippen LogP contribution in [0.1, 0.15) is 59.3 Å². The zero-order valence-corrected chi connectivity index (χ0v) is 13.6. The van der Waals surface area contributed by atoms with Crippen LogP contribution in [0.3, 0.4) is 0 Å². The summed E-state index contributed by atoms with van der Waals surface area (Å²) < 4.78 is 11.9. The molecule has 1 aliphatic carbocycles. The smallest absolute Gasteiger partial charge is 0.0837 e. The summed E-state index contributed by atoms with van der Waals surface area (Å²) in [5, 5.41) is 3.78. The Morgan fingerprint density at radius 2 is 1.80 bits per heavy atom. The van der Waals surface area contributed by atoms with E-state index in [4.69, 9.17) is 9.47 Å². The first-order chi connectivity index (χ1) is 9.72. The predicted octanol–water partition coefficient (Wildman–Crippen LogP) is 3.38. The molecule has 0 amide bonds. The third-order valence-electron chi connectivity index (χ3n) is 5.28. The topological polar surface area (TPSA) is 30.5 Å². The molecule has 0 radical (unpaired) electrons. The van der Waals surface area contributed by atoms with Gasteiger partial charge in [-0.2, -0.15) is 0 Å². The van der Waals surface area contributed by atoms with Crippen molar-refractivity contribution < 1.29 is 9.47 Å². The molecule has 2 rings (SSSR count). The number of ether oxygens (including phenoxy) is 2. The minimum Gasteiger partial charge on any atom is -0.381 e. The zero-order valence-electron chi connectivity index (χ0n) is 13.6. The van der Waals surface area contributed by atoms with Gasteiger partial charge in [0.1, 0.15) is 0 Å².